The fourth-order valence-electron chi connectivity index (χ4n) is 3.95. The Bertz CT molecular complexity index is 998. The third-order valence-corrected chi connectivity index (χ3v) is 5.67. The maximum Gasteiger partial charge on any atom is 0.328 e. The van der Waals surface area contributed by atoms with Gasteiger partial charge in [0, 0.05) is 12.1 Å². The smallest absolute Gasteiger partial charge is 0.328 e. The maximum absolute atomic E-state index is 13.9. The number of likely N-dealkylation sites (tertiary alicyclic amines) is 1. The number of nitrogens with zero attached hydrogens (tertiary/aromatic N) is 1. The zero-order chi connectivity index (χ0) is 23.8. The van der Waals surface area contributed by atoms with Gasteiger partial charge in [0.2, 0.25) is 0 Å². The van der Waals surface area contributed by atoms with Crippen LogP contribution in [-0.2, 0) is 14.3 Å². The Labute approximate surface area is 194 Å². The van der Waals surface area contributed by atoms with Crippen molar-refractivity contribution in [3.63, 3.8) is 0 Å². The molecule has 1 heterocycles. The summed E-state index contributed by atoms with van der Waals surface area (Å²) in [6.45, 7) is 2.54. The summed E-state index contributed by atoms with van der Waals surface area (Å²) < 4.78 is 21.3. The molecule has 2 aromatic carbocycles. The molecule has 0 saturated carbocycles. The molecule has 1 atom stereocenters. The van der Waals surface area contributed by atoms with Gasteiger partial charge in [-0.25, -0.2) is 4.79 Å². The Balaban J connectivity index is 2.06. The highest BCUT2D eigenvalue weighted by atomic mass is 16.5. The average Bonchev–Trinajstić information content (AvgIpc) is 2.87. The molecule has 33 heavy (non-hydrogen) atoms. The topological polar surface area (TPSA) is 74.3 Å². The van der Waals surface area contributed by atoms with E-state index in [0.29, 0.717) is 35.6 Å². The predicted molar refractivity (Wildman–Crippen MR) is 126 cm³/mol. The lowest BCUT2D eigenvalue weighted by Gasteiger charge is -2.34. The number of hydrogen-bond donors (Lipinski definition) is 0. The summed E-state index contributed by atoms with van der Waals surface area (Å²) in [4.78, 5) is 28.1. The van der Waals surface area contributed by atoms with Gasteiger partial charge >= 0.3 is 5.97 Å². The number of carbonyl (C=O) groups excluding carboxylic acids is 2. The second-order valence-corrected chi connectivity index (χ2v) is 7.66. The van der Waals surface area contributed by atoms with E-state index >= 15 is 0 Å². The summed E-state index contributed by atoms with van der Waals surface area (Å²) >= 11 is 0. The van der Waals surface area contributed by atoms with Crippen molar-refractivity contribution >= 4 is 23.5 Å². The number of ether oxygens (including phenoxy) is 4. The first-order chi connectivity index (χ1) is 16.0. The van der Waals surface area contributed by atoms with Crippen molar-refractivity contribution in [3.8, 4) is 17.2 Å². The van der Waals surface area contributed by atoms with Gasteiger partial charge in [-0.2, -0.15) is 0 Å². The Morgan fingerprint density at radius 3 is 2.33 bits per heavy atom. The lowest BCUT2D eigenvalue weighted by molar-refractivity contribution is -0.154. The molecule has 1 unspecified atom stereocenters. The van der Waals surface area contributed by atoms with Crippen LogP contribution in [-0.4, -0.2) is 57.3 Å². The van der Waals surface area contributed by atoms with E-state index in [2.05, 4.69) is 0 Å². The van der Waals surface area contributed by atoms with E-state index < -0.39 is 6.04 Å². The van der Waals surface area contributed by atoms with E-state index in [0.717, 1.165) is 24.2 Å². The molecule has 0 N–H and O–H groups in total. The molecule has 1 aliphatic rings. The molecule has 0 spiro atoms. The van der Waals surface area contributed by atoms with Crippen LogP contribution in [0, 0.1) is 0 Å². The summed E-state index contributed by atoms with van der Waals surface area (Å²) in [5.74, 6) is 1.23. The molecule has 1 amide bonds. The molecule has 0 radical (unpaired) electrons. The Morgan fingerprint density at radius 1 is 0.970 bits per heavy atom. The highest BCUT2D eigenvalue weighted by Gasteiger charge is 2.35. The first-order valence-corrected chi connectivity index (χ1v) is 11.1. The number of amides is 1. The standard InChI is InChI=1S/C26H31NO6/c1-5-33-26(29)22-8-6-7-15-27(22)25(28)21(16-18-9-12-20(30-2)13-10-18)19-11-14-23(31-3)24(17-19)32-4/h9-14,16-17,22H,5-8,15H2,1-4H3/b21-16+. The molecule has 0 aromatic heterocycles. The second-order valence-electron chi connectivity index (χ2n) is 7.66. The van der Waals surface area contributed by atoms with Crippen LogP contribution in [0.15, 0.2) is 42.5 Å². The third-order valence-electron chi connectivity index (χ3n) is 5.67. The molecular formula is C26H31NO6. The molecule has 1 fully saturated rings. The molecule has 2 aromatic rings. The van der Waals surface area contributed by atoms with Gasteiger partial charge < -0.3 is 23.8 Å². The van der Waals surface area contributed by atoms with E-state index in [1.165, 1.54) is 0 Å². The van der Waals surface area contributed by atoms with Gasteiger partial charge in [0.25, 0.3) is 5.91 Å². The number of esters is 1. The minimum Gasteiger partial charge on any atom is -0.497 e. The Hall–Kier alpha value is -3.48. The van der Waals surface area contributed by atoms with Gasteiger partial charge in [0.05, 0.1) is 27.9 Å². The first-order valence-electron chi connectivity index (χ1n) is 11.1. The van der Waals surface area contributed by atoms with Crippen LogP contribution in [0.1, 0.15) is 37.3 Å². The van der Waals surface area contributed by atoms with E-state index in [9.17, 15) is 9.59 Å². The van der Waals surface area contributed by atoms with E-state index in [-0.39, 0.29) is 18.5 Å². The number of rotatable bonds is 8. The number of carbonyl (C=O) groups is 2. The van der Waals surface area contributed by atoms with Crippen LogP contribution >= 0.6 is 0 Å². The fourth-order valence-corrected chi connectivity index (χ4v) is 3.95. The van der Waals surface area contributed by atoms with Crippen molar-refractivity contribution < 1.29 is 28.5 Å². The molecule has 7 nitrogen and oxygen atoms in total. The second kappa shape index (κ2) is 11.4. The zero-order valence-corrected chi connectivity index (χ0v) is 19.6. The molecule has 1 aliphatic heterocycles. The number of methoxy groups -OCH3 is 3. The van der Waals surface area contributed by atoms with Crippen LogP contribution in [0.3, 0.4) is 0 Å². The molecule has 3 rings (SSSR count). The van der Waals surface area contributed by atoms with Gasteiger partial charge in [-0.15, -0.1) is 0 Å². The van der Waals surface area contributed by atoms with E-state index in [1.54, 1.807) is 45.3 Å². The lowest BCUT2D eigenvalue weighted by atomic mass is 9.96. The van der Waals surface area contributed by atoms with Gasteiger partial charge in [0.1, 0.15) is 11.8 Å². The number of piperidine rings is 1. The molecule has 0 aliphatic carbocycles. The normalized spacial score (nSPS) is 16.2. The minimum absolute atomic E-state index is 0.226. The van der Waals surface area contributed by atoms with E-state index in [4.69, 9.17) is 18.9 Å². The van der Waals surface area contributed by atoms with Crippen molar-refractivity contribution in [1.82, 2.24) is 4.90 Å². The molecule has 0 bridgehead atoms. The summed E-state index contributed by atoms with van der Waals surface area (Å²) in [6, 6.07) is 12.2. The lowest BCUT2D eigenvalue weighted by Crippen LogP contribution is -2.48. The molecule has 7 heteroatoms. The summed E-state index contributed by atoms with van der Waals surface area (Å²) in [5.41, 5.74) is 1.96. The Morgan fingerprint density at radius 2 is 1.70 bits per heavy atom. The monoisotopic (exact) mass is 453 g/mol. The molecule has 176 valence electrons. The van der Waals surface area contributed by atoms with E-state index in [1.807, 2.05) is 36.4 Å². The van der Waals surface area contributed by atoms with Crippen LogP contribution in [0.4, 0.5) is 0 Å². The van der Waals surface area contributed by atoms with Crippen LogP contribution in [0.5, 0.6) is 17.2 Å². The zero-order valence-electron chi connectivity index (χ0n) is 19.6. The Kier molecular flexibility index (Phi) is 8.35. The van der Waals surface area contributed by atoms with Gasteiger partial charge in [0.15, 0.2) is 11.5 Å². The first kappa shape index (κ1) is 24.2. The average molecular weight is 454 g/mol. The summed E-state index contributed by atoms with van der Waals surface area (Å²) in [7, 11) is 4.72. The minimum atomic E-state index is -0.592. The van der Waals surface area contributed by atoms with Crippen molar-refractivity contribution in [2.24, 2.45) is 0 Å². The molecule has 1 saturated heterocycles. The van der Waals surface area contributed by atoms with Crippen molar-refractivity contribution in [1.29, 1.82) is 0 Å². The van der Waals surface area contributed by atoms with Crippen molar-refractivity contribution in [3.05, 3.63) is 53.6 Å². The third kappa shape index (κ3) is 5.66. The highest BCUT2D eigenvalue weighted by Crippen LogP contribution is 2.33. The van der Waals surface area contributed by atoms with Gasteiger partial charge in [-0.1, -0.05) is 18.2 Å². The molecular weight excluding hydrogens is 422 g/mol. The van der Waals surface area contributed by atoms with Gasteiger partial charge in [-0.05, 0) is 67.7 Å². The summed E-state index contributed by atoms with van der Waals surface area (Å²) in [5, 5.41) is 0. The quantitative estimate of drug-likeness (QED) is 0.339. The summed E-state index contributed by atoms with van der Waals surface area (Å²) in [6.07, 6.45) is 4.12. The van der Waals surface area contributed by atoms with Crippen molar-refractivity contribution in [2.75, 3.05) is 34.5 Å². The largest absolute Gasteiger partial charge is 0.497 e. The fraction of sp³-hybridized carbons (Fsp3) is 0.385. The number of hydrogen-bond acceptors (Lipinski definition) is 6. The van der Waals surface area contributed by atoms with Crippen LogP contribution in [0.25, 0.3) is 11.6 Å². The van der Waals surface area contributed by atoms with Crippen molar-refractivity contribution in [2.45, 2.75) is 32.2 Å². The van der Waals surface area contributed by atoms with Crippen LogP contribution < -0.4 is 14.2 Å². The predicted octanol–water partition coefficient (Wildman–Crippen LogP) is 4.20. The highest BCUT2D eigenvalue weighted by molar-refractivity contribution is 6.24. The van der Waals surface area contributed by atoms with Gasteiger partial charge in [-0.3, -0.25) is 4.79 Å². The van der Waals surface area contributed by atoms with Crippen LogP contribution in [0.2, 0.25) is 0 Å². The maximum atomic E-state index is 13.9. The number of benzene rings is 2. The SMILES string of the molecule is CCOC(=O)C1CCCCN1C(=O)/C(=C/c1ccc(OC)cc1)c1ccc(OC)c(OC)c1.